The molecule has 0 fully saturated rings. The van der Waals surface area contributed by atoms with Gasteiger partial charge in [0.05, 0.1) is 0 Å². The highest BCUT2D eigenvalue weighted by atomic mass is 16.5. The van der Waals surface area contributed by atoms with Gasteiger partial charge in [0.15, 0.2) is 0 Å². The van der Waals surface area contributed by atoms with E-state index < -0.39 is 0 Å². The van der Waals surface area contributed by atoms with Crippen molar-refractivity contribution in [3.63, 3.8) is 0 Å². The van der Waals surface area contributed by atoms with Gasteiger partial charge in [-0.1, -0.05) is 66.7 Å². The minimum atomic E-state index is 0.0952. The predicted octanol–water partition coefficient (Wildman–Crippen LogP) is 5.72. The number of hydrogen-bond acceptors (Lipinski definition) is 2. The van der Waals surface area contributed by atoms with E-state index in [2.05, 4.69) is 96.0 Å². The molecule has 0 spiro atoms. The molecule has 0 radical (unpaired) electrons. The van der Waals surface area contributed by atoms with E-state index in [0.29, 0.717) is 0 Å². The summed E-state index contributed by atoms with van der Waals surface area (Å²) in [5.41, 5.74) is 7.97. The molecule has 2 aliphatic heterocycles. The average Bonchev–Trinajstić information content (AvgIpc) is 3.27. The topological polar surface area (TPSA) is 34.2 Å². The smallest absolute Gasteiger partial charge is 0.260 e. The number of aromatic nitrogens is 1. The average molecular weight is 435 g/mol. The van der Waals surface area contributed by atoms with Crippen molar-refractivity contribution in [2.45, 2.75) is 0 Å². The van der Waals surface area contributed by atoms with Gasteiger partial charge in [-0.15, -0.1) is 0 Å². The number of rotatable bonds is 1. The highest BCUT2D eigenvalue weighted by Crippen LogP contribution is 2.41. The van der Waals surface area contributed by atoms with Gasteiger partial charge in [-0.3, -0.25) is 0 Å². The van der Waals surface area contributed by atoms with E-state index in [9.17, 15) is 0 Å². The van der Waals surface area contributed by atoms with Crippen LogP contribution in [0.4, 0.5) is 0 Å². The summed E-state index contributed by atoms with van der Waals surface area (Å²) in [4.78, 5) is 3.56. The zero-order valence-electron chi connectivity index (χ0n) is 18.2. The van der Waals surface area contributed by atoms with Crippen molar-refractivity contribution < 1.29 is 9.47 Å². The second-order valence-electron chi connectivity index (χ2n) is 9.00. The van der Waals surface area contributed by atoms with Crippen molar-refractivity contribution in [2.75, 3.05) is 0 Å². The van der Waals surface area contributed by atoms with Crippen molar-refractivity contribution in [2.24, 2.45) is 0 Å². The molecule has 3 nitrogen and oxygen atoms in total. The summed E-state index contributed by atoms with van der Waals surface area (Å²) in [6.07, 6.45) is 0. The fourth-order valence-corrected chi connectivity index (χ4v) is 5.69. The molecule has 1 N–H and O–H groups in total. The van der Waals surface area contributed by atoms with Crippen LogP contribution in [0.5, 0.6) is 23.0 Å². The summed E-state index contributed by atoms with van der Waals surface area (Å²) in [5, 5.41) is 2.43. The van der Waals surface area contributed by atoms with E-state index in [4.69, 9.17) is 9.47 Å². The molecule has 5 aromatic carbocycles. The van der Waals surface area contributed by atoms with Crippen LogP contribution in [0.3, 0.4) is 0 Å². The fourth-order valence-electron chi connectivity index (χ4n) is 5.69. The zero-order chi connectivity index (χ0) is 22.2. The standard InChI is InChI=1S/C30H18BNO2/c1-4-12-23-20(8-1)29-19(9-7-13-24(29)32-23)18-16-27-30-28(17-18)34-26-15-6-3-11-22(26)31(30)21-10-2-5-14-25(21)33-27/h1-17,32H. The second-order valence-corrected chi connectivity index (χ2v) is 9.00. The number of aromatic amines is 1. The van der Waals surface area contributed by atoms with Gasteiger partial charge in [-0.2, -0.15) is 0 Å². The molecule has 8 rings (SSSR count). The first-order valence-corrected chi connectivity index (χ1v) is 11.6. The van der Waals surface area contributed by atoms with E-state index >= 15 is 0 Å². The molecule has 0 saturated carbocycles. The third-order valence-electron chi connectivity index (χ3n) is 7.13. The summed E-state index contributed by atoms with van der Waals surface area (Å²) in [7, 11) is 0. The van der Waals surface area contributed by atoms with Crippen LogP contribution in [-0.4, -0.2) is 11.7 Å². The first kappa shape index (κ1) is 18.0. The lowest BCUT2D eigenvalue weighted by Gasteiger charge is -2.33. The predicted molar refractivity (Wildman–Crippen MR) is 139 cm³/mol. The largest absolute Gasteiger partial charge is 0.458 e. The molecule has 0 unspecified atom stereocenters. The monoisotopic (exact) mass is 435 g/mol. The molecular formula is C30H18BNO2. The van der Waals surface area contributed by atoms with E-state index in [-0.39, 0.29) is 6.71 Å². The Morgan fingerprint density at radius 1 is 0.559 bits per heavy atom. The minimum Gasteiger partial charge on any atom is -0.458 e. The molecule has 3 heterocycles. The van der Waals surface area contributed by atoms with Gasteiger partial charge in [-0.05, 0) is 58.5 Å². The highest BCUT2D eigenvalue weighted by Gasteiger charge is 2.40. The van der Waals surface area contributed by atoms with Crippen LogP contribution in [-0.2, 0) is 0 Å². The zero-order valence-corrected chi connectivity index (χ0v) is 18.2. The Bertz CT molecular complexity index is 1710. The molecule has 0 amide bonds. The number of H-pyrrole nitrogens is 1. The number of benzene rings is 5. The van der Waals surface area contributed by atoms with Crippen LogP contribution in [0, 0.1) is 0 Å². The van der Waals surface area contributed by atoms with Gasteiger partial charge in [0, 0.05) is 27.3 Å². The van der Waals surface area contributed by atoms with Gasteiger partial charge >= 0.3 is 0 Å². The molecule has 4 heteroatoms. The SMILES string of the molecule is c1ccc2c(c1)Oc1cc(-c3cccc4[nH]c5ccccc5c34)cc3c1B2c1ccccc1O3. The van der Waals surface area contributed by atoms with Crippen LogP contribution >= 0.6 is 0 Å². The van der Waals surface area contributed by atoms with Crippen LogP contribution < -0.4 is 25.9 Å². The molecule has 0 aliphatic carbocycles. The molecule has 6 aromatic rings. The number of para-hydroxylation sites is 3. The van der Waals surface area contributed by atoms with Crippen LogP contribution in [0.25, 0.3) is 32.9 Å². The summed E-state index contributed by atoms with van der Waals surface area (Å²) in [5.74, 6) is 3.54. The van der Waals surface area contributed by atoms with Crippen molar-refractivity contribution in [1.82, 2.24) is 4.98 Å². The van der Waals surface area contributed by atoms with E-state index in [1.54, 1.807) is 0 Å². The Labute approximate surface area is 196 Å². The van der Waals surface area contributed by atoms with Gasteiger partial charge in [0.25, 0.3) is 6.71 Å². The molecule has 0 atom stereocenters. The summed E-state index contributed by atoms with van der Waals surface area (Å²) in [6.45, 7) is 0.0952. The number of fused-ring (bicyclic) bond motifs is 7. The fraction of sp³-hybridized carbons (Fsp3) is 0. The lowest BCUT2D eigenvalue weighted by atomic mass is 9.35. The minimum absolute atomic E-state index is 0.0952. The molecule has 0 bridgehead atoms. The van der Waals surface area contributed by atoms with E-state index in [0.717, 1.165) is 50.6 Å². The Hall–Kier alpha value is -4.44. The lowest BCUT2D eigenvalue weighted by molar-refractivity contribution is 0.465. The number of hydrogen-bond donors (Lipinski definition) is 1. The van der Waals surface area contributed by atoms with Gasteiger partial charge in [0.2, 0.25) is 0 Å². The van der Waals surface area contributed by atoms with Crippen LogP contribution in [0.15, 0.2) is 103 Å². The van der Waals surface area contributed by atoms with Crippen molar-refractivity contribution in [3.8, 4) is 34.1 Å². The Kier molecular flexibility index (Phi) is 3.48. The maximum atomic E-state index is 6.49. The quantitative estimate of drug-likeness (QED) is 0.335. The van der Waals surface area contributed by atoms with Crippen molar-refractivity contribution in [1.29, 1.82) is 0 Å². The van der Waals surface area contributed by atoms with Gasteiger partial charge in [-0.25, -0.2) is 0 Å². The molecular weight excluding hydrogens is 417 g/mol. The molecule has 2 aliphatic rings. The van der Waals surface area contributed by atoms with Crippen LogP contribution in [0.2, 0.25) is 0 Å². The van der Waals surface area contributed by atoms with Gasteiger partial charge in [0.1, 0.15) is 23.0 Å². The normalized spacial score (nSPS) is 13.1. The number of nitrogens with one attached hydrogen (secondary N) is 1. The third-order valence-corrected chi connectivity index (χ3v) is 7.13. The van der Waals surface area contributed by atoms with E-state index in [1.807, 2.05) is 12.1 Å². The maximum Gasteiger partial charge on any atom is 0.260 e. The van der Waals surface area contributed by atoms with Crippen molar-refractivity contribution in [3.05, 3.63) is 103 Å². The maximum absolute atomic E-state index is 6.49. The summed E-state index contributed by atoms with van der Waals surface area (Å²) >= 11 is 0. The van der Waals surface area contributed by atoms with Crippen molar-refractivity contribution >= 4 is 44.9 Å². The second kappa shape index (κ2) is 6.55. The first-order valence-electron chi connectivity index (χ1n) is 11.6. The van der Waals surface area contributed by atoms with E-state index in [1.165, 1.54) is 21.7 Å². The lowest BCUT2D eigenvalue weighted by Crippen LogP contribution is -2.57. The Morgan fingerprint density at radius 2 is 1.18 bits per heavy atom. The molecule has 0 saturated heterocycles. The Morgan fingerprint density at radius 3 is 1.91 bits per heavy atom. The summed E-state index contributed by atoms with van der Waals surface area (Å²) < 4.78 is 13.0. The van der Waals surface area contributed by atoms with Crippen LogP contribution in [0.1, 0.15) is 0 Å². The highest BCUT2D eigenvalue weighted by molar-refractivity contribution is 6.98. The molecule has 1 aromatic heterocycles. The molecule has 158 valence electrons. The number of ether oxygens (including phenoxy) is 2. The summed E-state index contributed by atoms with van der Waals surface area (Å²) in [6, 6.07) is 35.9. The first-order chi connectivity index (χ1) is 16.8. The van der Waals surface area contributed by atoms with Gasteiger partial charge < -0.3 is 14.5 Å². The third kappa shape index (κ3) is 2.37. The molecule has 34 heavy (non-hydrogen) atoms. The Balaban J connectivity index is 1.42.